The molecule has 15 heteroatoms. The second-order valence-corrected chi connectivity index (χ2v) is 7.91. The van der Waals surface area contributed by atoms with Crippen LogP contribution >= 0.6 is 35.5 Å². The van der Waals surface area contributed by atoms with Gasteiger partial charge in [-0.15, -0.1) is 35.5 Å². The summed E-state index contributed by atoms with van der Waals surface area (Å²) in [5, 5.41) is 24.9. The number of hydrogen-bond donors (Lipinski definition) is 4. The van der Waals surface area contributed by atoms with Gasteiger partial charge < -0.3 is 26.1 Å². The van der Waals surface area contributed by atoms with E-state index >= 15 is 0 Å². The minimum Gasteiger partial charge on any atom is -0.477 e. The van der Waals surface area contributed by atoms with Crippen molar-refractivity contribution in [3.8, 4) is 0 Å². The maximum atomic E-state index is 12.5. The summed E-state index contributed by atoms with van der Waals surface area (Å²) in [6.07, 6.45) is 0. The lowest BCUT2D eigenvalue weighted by Gasteiger charge is -2.49. The number of carbonyl (C=O) groups is 4. The van der Waals surface area contributed by atoms with Crippen LogP contribution in [0.25, 0.3) is 0 Å². The van der Waals surface area contributed by atoms with Gasteiger partial charge in [0.1, 0.15) is 29.4 Å². The molecule has 0 aromatic carbocycles. The minimum atomic E-state index is -1.34. The summed E-state index contributed by atoms with van der Waals surface area (Å²) in [4.78, 5) is 52.5. The van der Waals surface area contributed by atoms with Crippen LogP contribution in [0.5, 0.6) is 0 Å². The first-order valence-corrected chi connectivity index (χ1v) is 9.95. The molecule has 2 amide bonds. The highest BCUT2D eigenvalue weighted by atomic mass is 35.5. The lowest BCUT2D eigenvalue weighted by Crippen LogP contribution is -2.71. The predicted octanol–water partition coefficient (Wildman–Crippen LogP) is -0.373. The van der Waals surface area contributed by atoms with Gasteiger partial charge >= 0.3 is 11.9 Å². The van der Waals surface area contributed by atoms with E-state index in [4.69, 9.17) is 15.7 Å². The van der Waals surface area contributed by atoms with Gasteiger partial charge in [0, 0.05) is 23.6 Å². The number of thioether (sulfide) groups is 1. The number of β-lactam (4-membered cyclic amide) rings is 1. The number of fused-ring (bicyclic) bond motifs is 1. The number of amides is 2. The van der Waals surface area contributed by atoms with Crippen molar-refractivity contribution in [2.24, 2.45) is 5.16 Å². The lowest BCUT2D eigenvalue weighted by molar-refractivity contribution is -0.150. The number of anilines is 1. The number of carboxylic acid groups (broad SMARTS) is 1. The van der Waals surface area contributed by atoms with Gasteiger partial charge in [-0.05, 0) is 0 Å². The Morgan fingerprint density at radius 1 is 1.47 bits per heavy atom. The Bertz CT molecular complexity index is 963. The molecule has 1 unspecified atom stereocenters. The van der Waals surface area contributed by atoms with Crippen LogP contribution in [0.2, 0.25) is 0 Å². The van der Waals surface area contributed by atoms with Crippen LogP contribution in [0.15, 0.2) is 21.8 Å². The third kappa shape index (κ3) is 4.34. The molecule has 0 aliphatic carbocycles. The molecular weight excluding hydrogens is 462 g/mol. The molecule has 2 aliphatic rings. The number of carbonyl (C=O) groups excluding carboxylic acids is 3. The molecule has 2 aliphatic heterocycles. The first-order chi connectivity index (χ1) is 13.7. The molecule has 1 fully saturated rings. The highest BCUT2D eigenvalue weighted by Crippen LogP contribution is 2.40. The maximum Gasteiger partial charge on any atom is 0.352 e. The molecular formula is C15H16ClN5O7S2. The Labute approximate surface area is 183 Å². The van der Waals surface area contributed by atoms with Crippen LogP contribution < -0.4 is 11.1 Å². The van der Waals surface area contributed by atoms with Crippen LogP contribution in [-0.2, 0) is 23.9 Å². The van der Waals surface area contributed by atoms with Crippen molar-refractivity contribution in [2.75, 3.05) is 18.1 Å². The molecule has 0 bridgehead atoms. The smallest absolute Gasteiger partial charge is 0.352 e. The van der Waals surface area contributed by atoms with Gasteiger partial charge in [0.25, 0.3) is 11.8 Å². The van der Waals surface area contributed by atoms with E-state index in [2.05, 4.69) is 15.5 Å². The number of ether oxygens (including phenoxy) is 1. The number of thiazole rings is 1. The molecule has 3 rings (SSSR count). The zero-order chi connectivity index (χ0) is 21.3. The van der Waals surface area contributed by atoms with Gasteiger partial charge in [-0.3, -0.25) is 19.3 Å². The van der Waals surface area contributed by atoms with Gasteiger partial charge in [0.05, 0.1) is 0 Å². The van der Waals surface area contributed by atoms with E-state index in [1.165, 1.54) is 24.1 Å². The number of rotatable bonds is 6. The first kappa shape index (κ1) is 23.4. The zero-order valence-corrected chi connectivity index (χ0v) is 17.7. The highest BCUT2D eigenvalue weighted by Gasteiger charge is 2.54. The number of aliphatic carboxylic acids is 1. The van der Waals surface area contributed by atoms with Gasteiger partial charge in [-0.1, -0.05) is 5.16 Å². The van der Waals surface area contributed by atoms with E-state index in [0.717, 1.165) is 16.2 Å². The number of esters is 1. The van der Waals surface area contributed by atoms with Crippen molar-refractivity contribution >= 4 is 70.1 Å². The fourth-order valence-electron chi connectivity index (χ4n) is 2.80. The molecule has 0 radical (unpaired) electrons. The molecule has 2 atom stereocenters. The topological polar surface area (TPSA) is 185 Å². The molecule has 162 valence electrons. The normalized spacial score (nSPS) is 20.6. The van der Waals surface area contributed by atoms with Crippen molar-refractivity contribution in [3.05, 3.63) is 22.3 Å². The van der Waals surface area contributed by atoms with E-state index in [-0.39, 0.29) is 46.9 Å². The third-order valence-corrected chi connectivity index (χ3v) is 6.08. The summed E-state index contributed by atoms with van der Waals surface area (Å²) in [6.45, 7) is 0.945. The predicted molar refractivity (Wildman–Crippen MR) is 108 cm³/mol. The largest absolute Gasteiger partial charge is 0.477 e. The summed E-state index contributed by atoms with van der Waals surface area (Å²) in [6, 6.07) is -1.02. The minimum absolute atomic E-state index is 0. The summed E-state index contributed by atoms with van der Waals surface area (Å²) < 4.78 is 4.85. The Balaban J connectivity index is 0.00000320. The average molecular weight is 478 g/mol. The van der Waals surface area contributed by atoms with Gasteiger partial charge in [-0.2, -0.15) is 0 Å². The number of nitrogen functional groups attached to an aromatic ring is 1. The van der Waals surface area contributed by atoms with Crippen LogP contribution in [0, 0.1) is 0 Å². The SMILES string of the molecule is CC(=O)OCC1=C(C(=O)O)N2C(=O)C(NC(=O)/C(=N\O)c3csc(N)n3)[C@H]2SC1.Cl. The number of oxime groups is 1. The fraction of sp³-hybridized carbons (Fsp3) is 0.333. The van der Waals surface area contributed by atoms with Crippen LogP contribution in [0.1, 0.15) is 12.6 Å². The third-order valence-electron chi connectivity index (χ3n) is 4.07. The van der Waals surface area contributed by atoms with E-state index in [1.807, 2.05) is 0 Å². The fourth-order valence-corrected chi connectivity index (χ4v) is 4.68. The number of hydrogen-bond acceptors (Lipinski definition) is 11. The monoisotopic (exact) mass is 477 g/mol. The molecule has 1 aromatic rings. The number of nitrogens with one attached hydrogen (secondary N) is 1. The molecule has 1 saturated heterocycles. The number of halogens is 1. The van der Waals surface area contributed by atoms with Crippen molar-refractivity contribution < 1.29 is 34.2 Å². The average Bonchev–Trinajstić information content (AvgIpc) is 3.09. The summed E-state index contributed by atoms with van der Waals surface area (Å²) in [7, 11) is 0. The number of aromatic nitrogens is 1. The molecule has 3 heterocycles. The van der Waals surface area contributed by atoms with Gasteiger partial charge in [-0.25, -0.2) is 9.78 Å². The standard InChI is InChI=1S/C15H15N5O7S2.ClH/c1-5(21)27-2-6-3-28-13-9(12(23)20(13)10(6)14(24)25)18-11(22)8(19-26)7-4-29-15(16)17-7;/h4,9,13,26H,2-3H2,1H3,(H2,16,17)(H,18,22)(H,24,25);1H/b19-8-;/t9?,13-;/m1./s1. The quantitative estimate of drug-likeness (QED) is 0.138. The Hall–Kier alpha value is -2.84. The number of nitrogens with two attached hydrogens (primary N) is 1. The van der Waals surface area contributed by atoms with Crippen molar-refractivity contribution in [1.82, 2.24) is 15.2 Å². The van der Waals surface area contributed by atoms with Crippen molar-refractivity contribution in [3.63, 3.8) is 0 Å². The highest BCUT2D eigenvalue weighted by molar-refractivity contribution is 8.00. The number of nitrogens with zero attached hydrogens (tertiary/aromatic N) is 3. The number of carboxylic acids is 1. The molecule has 1 aromatic heterocycles. The van der Waals surface area contributed by atoms with Crippen LogP contribution in [-0.4, -0.2) is 73.4 Å². The van der Waals surface area contributed by atoms with Crippen molar-refractivity contribution in [1.29, 1.82) is 0 Å². The molecule has 12 nitrogen and oxygen atoms in total. The summed E-state index contributed by atoms with van der Waals surface area (Å²) in [5.41, 5.74) is 5.13. The Morgan fingerprint density at radius 3 is 2.70 bits per heavy atom. The van der Waals surface area contributed by atoms with Crippen LogP contribution in [0.4, 0.5) is 5.13 Å². The lowest BCUT2D eigenvalue weighted by atomic mass is 10.0. The van der Waals surface area contributed by atoms with E-state index in [9.17, 15) is 24.3 Å². The molecule has 5 N–H and O–H groups in total. The zero-order valence-electron chi connectivity index (χ0n) is 15.2. The van der Waals surface area contributed by atoms with Crippen molar-refractivity contribution in [2.45, 2.75) is 18.3 Å². The van der Waals surface area contributed by atoms with Gasteiger partial charge in [0.15, 0.2) is 10.8 Å². The second kappa shape index (κ2) is 9.32. The van der Waals surface area contributed by atoms with E-state index in [1.54, 1.807) is 0 Å². The van der Waals surface area contributed by atoms with Gasteiger partial charge in [0.2, 0.25) is 0 Å². The van der Waals surface area contributed by atoms with E-state index < -0.39 is 40.9 Å². The molecule has 0 saturated carbocycles. The summed E-state index contributed by atoms with van der Waals surface area (Å²) >= 11 is 2.25. The van der Waals surface area contributed by atoms with Crippen LogP contribution in [0.3, 0.4) is 0 Å². The molecule has 30 heavy (non-hydrogen) atoms. The van der Waals surface area contributed by atoms with E-state index in [0.29, 0.717) is 0 Å². The Morgan fingerprint density at radius 2 is 2.17 bits per heavy atom. The summed E-state index contributed by atoms with van der Waals surface area (Å²) in [5.74, 6) is -3.23. The second-order valence-electron chi connectivity index (χ2n) is 5.92. The Kier molecular flexibility index (Phi) is 7.28. The first-order valence-electron chi connectivity index (χ1n) is 8.02. The molecule has 0 spiro atoms. The maximum absolute atomic E-state index is 12.5.